The van der Waals surface area contributed by atoms with Crippen molar-refractivity contribution in [3.63, 3.8) is 0 Å². The maximum Gasteiger partial charge on any atom is 0.320 e. The van der Waals surface area contributed by atoms with E-state index in [0.717, 1.165) is 12.1 Å². The van der Waals surface area contributed by atoms with Crippen molar-refractivity contribution in [1.29, 1.82) is 0 Å². The fourth-order valence-corrected chi connectivity index (χ4v) is 1.35. The van der Waals surface area contributed by atoms with Crippen molar-refractivity contribution in [3.05, 3.63) is 32.4 Å². The van der Waals surface area contributed by atoms with Crippen LogP contribution in [0.4, 0.5) is 17.4 Å². The standard InChI is InChI=1S/C8H6N4O5/c1-9-8-10-5-2-4(11(13)14)3-6(12(15)16)7(5)17-8/h2-3H,1H3,(H,9,10). The minimum absolute atomic E-state index is 0.0589. The highest BCUT2D eigenvalue weighted by Crippen LogP contribution is 2.32. The van der Waals surface area contributed by atoms with Gasteiger partial charge in [-0.25, -0.2) is 0 Å². The monoisotopic (exact) mass is 238 g/mol. The van der Waals surface area contributed by atoms with Gasteiger partial charge in [0.2, 0.25) is 5.58 Å². The predicted molar refractivity (Wildman–Crippen MR) is 56.9 cm³/mol. The van der Waals surface area contributed by atoms with Crippen LogP contribution in [0.15, 0.2) is 16.5 Å². The first-order valence-corrected chi connectivity index (χ1v) is 4.44. The first kappa shape index (κ1) is 10.8. The Balaban J connectivity index is 2.78. The summed E-state index contributed by atoms with van der Waals surface area (Å²) in [6.45, 7) is 0. The minimum atomic E-state index is -0.750. The molecule has 0 saturated heterocycles. The Morgan fingerprint density at radius 1 is 1.29 bits per heavy atom. The topological polar surface area (TPSA) is 124 Å². The Labute approximate surface area is 93.3 Å². The van der Waals surface area contributed by atoms with E-state index in [2.05, 4.69) is 10.3 Å². The molecule has 17 heavy (non-hydrogen) atoms. The van der Waals surface area contributed by atoms with Crippen LogP contribution in [0.3, 0.4) is 0 Å². The third-order valence-electron chi connectivity index (χ3n) is 2.08. The number of fused-ring (bicyclic) bond motifs is 1. The molecule has 0 radical (unpaired) electrons. The van der Waals surface area contributed by atoms with Crippen LogP contribution in [-0.2, 0) is 0 Å². The molecule has 1 aromatic heterocycles. The summed E-state index contributed by atoms with van der Waals surface area (Å²) in [5.41, 5.74) is -0.913. The summed E-state index contributed by atoms with van der Waals surface area (Å²) in [6, 6.07) is 2.02. The van der Waals surface area contributed by atoms with Crippen molar-refractivity contribution in [2.24, 2.45) is 0 Å². The van der Waals surface area contributed by atoms with Gasteiger partial charge in [0, 0.05) is 13.1 Å². The average Bonchev–Trinajstić information content (AvgIpc) is 2.69. The van der Waals surface area contributed by atoms with Crippen LogP contribution in [0.1, 0.15) is 0 Å². The Morgan fingerprint density at radius 3 is 2.53 bits per heavy atom. The summed E-state index contributed by atoms with van der Waals surface area (Å²) in [7, 11) is 1.52. The summed E-state index contributed by atoms with van der Waals surface area (Å²) in [4.78, 5) is 23.7. The van der Waals surface area contributed by atoms with Crippen LogP contribution < -0.4 is 5.32 Å². The number of aromatic nitrogens is 1. The lowest BCUT2D eigenvalue weighted by molar-refractivity contribution is -0.393. The van der Waals surface area contributed by atoms with Gasteiger partial charge in [-0.05, 0) is 0 Å². The van der Waals surface area contributed by atoms with Gasteiger partial charge in [-0.3, -0.25) is 20.2 Å². The molecule has 88 valence electrons. The van der Waals surface area contributed by atoms with Gasteiger partial charge in [0.1, 0.15) is 5.52 Å². The molecule has 0 fully saturated rings. The van der Waals surface area contributed by atoms with E-state index in [0.29, 0.717) is 0 Å². The third-order valence-corrected chi connectivity index (χ3v) is 2.08. The van der Waals surface area contributed by atoms with Crippen LogP contribution in [-0.4, -0.2) is 21.9 Å². The zero-order valence-corrected chi connectivity index (χ0v) is 8.54. The predicted octanol–water partition coefficient (Wildman–Crippen LogP) is 1.69. The summed E-state index contributed by atoms with van der Waals surface area (Å²) in [6.07, 6.45) is 0. The van der Waals surface area contributed by atoms with Crippen LogP contribution in [0, 0.1) is 20.2 Å². The van der Waals surface area contributed by atoms with Crippen molar-refractivity contribution in [1.82, 2.24) is 4.98 Å². The van der Waals surface area contributed by atoms with Crippen LogP contribution in [0.5, 0.6) is 0 Å². The summed E-state index contributed by atoms with van der Waals surface area (Å²) in [5.74, 6) is 0. The van der Waals surface area contributed by atoms with Gasteiger partial charge in [0.15, 0.2) is 0 Å². The molecule has 2 rings (SSSR count). The molecule has 0 saturated carbocycles. The zero-order chi connectivity index (χ0) is 12.6. The maximum atomic E-state index is 10.8. The van der Waals surface area contributed by atoms with E-state index in [1.165, 1.54) is 7.05 Å². The lowest BCUT2D eigenvalue weighted by Crippen LogP contribution is -1.93. The van der Waals surface area contributed by atoms with Crippen LogP contribution in [0.25, 0.3) is 11.1 Å². The fraction of sp³-hybridized carbons (Fsp3) is 0.125. The highest BCUT2D eigenvalue weighted by atomic mass is 16.6. The van der Waals surface area contributed by atoms with Crippen molar-refractivity contribution in [2.45, 2.75) is 0 Å². The molecule has 0 aliphatic rings. The van der Waals surface area contributed by atoms with Crippen molar-refractivity contribution < 1.29 is 14.3 Å². The van der Waals surface area contributed by atoms with E-state index in [1.54, 1.807) is 0 Å². The Kier molecular flexibility index (Phi) is 2.35. The molecule has 0 amide bonds. The summed E-state index contributed by atoms with van der Waals surface area (Å²) >= 11 is 0. The maximum absolute atomic E-state index is 10.8. The molecule has 0 aliphatic carbocycles. The van der Waals surface area contributed by atoms with Crippen molar-refractivity contribution in [2.75, 3.05) is 12.4 Å². The quantitative estimate of drug-likeness (QED) is 0.636. The van der Waals surface area contributed by atoms with E-state index in [-0.39, 0.29) is 17.1 Å². The Morgan fingerprint density at radius 2 is 2.00 bits per heavy atom. The highest BCUT2D eigenvalue weighted by Gasteiger charge is 2.23. The Hall–Kier alpha value is -2.71. The van der Waals surface area contributed by atoms with E-state index >= 15 is 0 Å². The number of hydrogen-bond acceptors (Lipinski definition) is 7. The SMILES string of the molecule is CNc1nc2cc([N+](=O)[O-])cc([N+](=O)[O-])c2o1. The lowest BCUT2D eigenvalue weighted by Gasteiger charge is -1.93. The molecule has 9 heteroatoms. The van der Waals surface area contributed by atoms with E-state index in [9.17, 15) is 20.2 Å². The number of oxazole rings is 1. The molecular formula is C8H6N4O5. The van der Waals surface area contributed by atoms with Gasteiger partial charge in [-0.1, -0.05) is 0 Å². The second-order valence-electron chi connectivity index (χ2n) is 3.10. The number of hydrogen-bond donors (Lipinski definition) is 1. The molecular weight excluding hydrogens is 232 g/mol. The van der Waals surface area contributed by atoms with Crippen molar-refractivity contribution >= 4 is 28.5 Å². The van der Waals surface area contributed by atoms with Gasteiger partial charge < -0.3 is 9.73 Å². The smallest absolute Gasteiger partial charge is 0.320 e. The van der Waals surface area contributed by atoms with Gasteiger partial charge in [0.05, 0.1) is 15.9 Å². The first-order chi connectivity index (χ1) is 8.02. The number of non-ortho nitro benzene ring substituents is 2. The number of rotatable bonds is 3. The van der Waals surface area contributed by atoms with Gasteiger partial charge in [-0.2, -0.15) is 4.98 Å². The molecule has 1 heterocycles. The van der Waals surface area contributed by atoms with Crippen LogP contribution in [0.2, 0.25) is 0 Å². The largest absolute Gasteiger partial charge is 0.416 e. The second-order valence-corrected chi connectivity index (χ2v) is 3.10. The molecule has 0 spiro atoms. The molecule has 0 atom stereocenters. The number of nitrogens with zero attached hydrogens (tertiary/aromatic N) is 3. The van der Waals surface area contributed by atoms with Gasteiger partial charge >= 0.3 is 5.69 Å². The average molecular weight is 238 g/mol. The normalized spacial score (nSPS) is 10.4. The molecule has 0 aliphatic heterocycles. The zero-order valence-electron chi connectivity index (χ0n) is 8.54. The number of benzene rings is 1. The number of anilines is 1. The highest BCUT2D eigenvalue weighted by molar-refractivity contribution is 5.86. The lowest BCUT2D eigenvalue weighted by atomic mass is 10.2. The number of nitrogens with one attached hydrogen (secondary N) is 1. The molecule has 2 aromatic rings. The minimum Gasteiger partial charge on any atom is -0.416 e. The Bertz CT molecular complexity index is 620. The summed E-state index contributed by atoms with van der Waals surface area (Å²) < 4.78 is 5.06. The van der Waals surface area contributed by atoms with E-state index < -0.39 is 21.2 Å². The molecule has 1 N–H and O–H groups in total. The van der Waals surface area contributed by atoms with E-state index in [4.69, 9.17) is 4.42 Å². The molecule has 0 unspecified atom stereocenters. The molecule has 1 aromatic carbocycles. The fourth-order valence-electron chi connectivity index (χ4n) is 1.35. The first-order valence-electron chi connectivity index (χ1n) is 4.44. The van der Waals surface area contributed by atoms with Crippen molar-refractivity contribution in [3.8, 4) is 0 Å². The third kappa shape index (κ3) is 1.73. The second kappa shape index (κ2) is 3.70. The van der Waals surface area contributed by atoms with Crippen LogP contribution >= 0.6 is 0 Å². The number of nitro benzene ring substituents is 2. The molecule has 9 nitrogen and oxygen atoms in total. The molecule has 0 bridgehead atoms. The van der Waals surface area contributed by atoms with Gasteiger partial charge in [0.25, 0.3) is 11.7 Å². The van der Waals surface area contributed by atoms with Gasteiger partial charge in [-0.15, -0.1) is 0 Å². The number of nitro groups is 2. The summed E-state index contributed by atoms with van der Waals surface area (Å²) in [5, 5.41) is 23.9. The van der Waals surface area contributed by atoms with E-state index in [1.807, 2.05) is 0 Å².